The van der Waals surface area contributed by atoms with Crippen LogP contribution in [0.15, 0.2) is 17.1 Å². The zero-order valence-corrected chi connectivity index (χ0v) is 14.5. The summed E-state index contributed by atoms with van der Waals surface area (Å²) >= 11 is 4.97. The lowest BCUT2D eigenvalue weighted by molar-refractivity contribution is -0.154. The lowest BCUT2D eigenvalue weighted by atomic mass is 10.3. The number of hydrogen-bond donors (Lipinski definition) is 3. The molecule has 0 aromatic carbocycles. The topological polar surface area (TPSA) is 115 Å². The predicted molar refractivity (Wildman–Crippen MR) is 92.2 cm³/mol. The number of nitrogens with one attached hydrogen (secondary N) is 2. The molecule has 2 aromatic heterocycles. The molecule has 0 radical (unpaired) electrons. The molecule has 2 rings (SSSR count). The number of nitrogens with two attached hydrogens (primary N) is 1. The van der Waals surface area contributed by atoms with Gasteiger partial charge in [-0.3, -0.25) is 14.6 Å². The molecule has 0 fully saturated rings. The van der Waals surface area contributed by atoms with E-state index in [1.54, 1.807) is 16.8 Å². The van der Waals surface area contributed by atoms with Crippen molar-refractivity contribution in [3.05, 3.63) is 27.4 Å². The first kappa shape index (κ1) is 18.4. The summed E-state index contributed by atoms with van der Waals surface area (Å²) in [5.41, 5.74) is 5.98. The van der Waals surface area contributed by atoms with Gasteiger partial charge in [-0.15, -0.1) is 0 Å². The van der Waals surface area contributed by atoms with Gasteiger partial charge in [0.05, 0.1) is 24.6 Å². The molecule has 1 atom stereocenters. The Bertz CT molecular complexity index is 808. The number of ether oxygens (including phenoxy) is 2. The van der Waals surface area contributed by atoms with Crippen LogP contribution >= 0.6 is 12.2 Å². The van der Waals surface area contributed by atoms with Crippen LogP contribution in [0.25, 0.3) is 11.0 Å². The molecule has 0 amide bonds. The van der Waals surface area contributed by atoms with Crippen molar-refractivity contribution < 1.29 is 14.3 Å². The van der Waals surface area contributed by atoms with Gasteiger partial charge in [-0.25, -0.2) is 0 Å². The first-order chi connectivity index (χ1) is 11.4. The van der Waals surface area contributed by atoms with Gasteiger partial charge in [0.2, 0.25) is 0 Å². The van der Waals surface area contributed by atoms with Gasteiger partial charge in [-0.1, -0.05) is 0 Å². The largest absolute Gasteiger partial charge is 0.441 e. The first-order valence-electron chi connectivity index (χ1n) is 7.76. The van der Waals surface area contributed by atoms with Crippen LogP contribution < -0.4 is 11.3 Å². The second kappa shape index (κ2) is 8.22. The van der Waals surface area contributed by atoms with Gasteiger partial charge in [-0.2, -0.15) is 0 Å². The van der Waals surface area contributed by atoms with E-state index in [-0.39, 0.29) is 29.4 Å². The second-order valence-electron chi connectivity index (χ2n) is 5.58. The van der Waals surface area contributed by atoms with E-state index < -0.39 is 12.2 Å². The summed E-state index contributed by atoms with van der Waals surface area (Å²) in [5, 5.41) is 0. The van der Waals surface area contributed by atoms with Crippen LogP contribution in [0.4, 0.5) is 0 Å². The fourth-order valence-electron chi connectivity index (χ4n) is 2.33. The van der Waals surface area contributed by atoms with Gasteiger partial charge in [0.1, 0.15) is 5.52 Å². The maximum absolute atomic E-state index is 12.2. The Hall–Kier alpha value is -1.97. The molecule has 0 saturated heterocycles. The van der Waals surface area contributed by atoms with Gasteiger partial charge in [0.25, 0.3) is 5.56 Å². The van der Waals surface area contributed by atoms with Gasteiger partial charge in [0, 0.05) is 19.2 Å². The molecule has 0 spiro atoms. The zero-order chi connectivity index (χ0) is 17.7. The summed E-state index contributed by atoms with van der Waals surface area (Å²) < 4.78 is 12.9. The molecule has 0 saturated carbocycles. The summed E-state index contributed by atoms with van der Waals surface area (Å²) in [6, 6.07) is 1.72. The third-order valence-electron chi connectivity index (χ3n) is 3.35. The standard InChI is InChI=1S/C15H22N4O4S/c1-9(2)22-8-5-11(23-12(20)3-6-16)19-7-4-10-13(19)14(21)18-15(24)17-10/h4,7,9,11H,3,5-6,8,16H2,1-2H3,(H2,17,18,21,24). The molecule has 4 N–H and O–H groups in total. The summed E-state index contributed by atoms with van der Waals surface area (Å²) in [4.78, 5) is 29.5. The Balaban J connectivity index is 2.33. The van der Waals surface area contributed by atoms with Crippen molar-refractivity contribution >= 4 is 29.2 Å². The Kier molecular flexibility index (Phi) is 6.29. The van der Waals surface area contributed by atoms with Crippen LogP contribution in [-0.2, 0) is 14.3 Å². The van der Waals surface area contributed by atoms with E-state index in [2.05, 4.69) is 9.97 Å². The van der Waals surface area contributed by atoms with Crippen LogP contribution in [0.5, 0.6) is 0 Å². The number of aromatic nitrogens is 3. The molecule has 0 bridgehead atoms. The van der Waals surface area contributed by atoms with Crippen LogP contribution in [0, 0.1) is 4.77 Å². The summed E-state index contributed by atoms with van der Waals surface area (Å²) in [7, 11) is 0. The summed E-state index contributed by atoms with van der Waals surface area (Å²) in [5.74, 6) is -0.422. The molecule has 24 heavy (non-hydrogen) atoms. The van der Waals surface area contributed by atoms with E-state index in [0.29, 0.717) is 24.1 Å². The number of carbonyl (C=O) groups is 1. The first-order valence-corrected chi connectivity index (χ1v) is 8.17. The smallest absolute Gasteiger partial charge is 0.309 e. The Morgan fingerprint density at radius 3 is 2.83 bits per heavy atom. The fraction of sp³-hybridized carbons (Fsp3) is 0.533. The lowest BCUT2D eigenvalue weighted by Gasteiger charge is -2.21. The van der Waals surface area contributed by atoms with E-state index in [0.717, 1.165) is 0 Å². The number of hydrogen-bond acceptors (Lipinski definition) is 6. The summed E-state index contributed by atoms with van der Waals surface area (Å²) in [6.07, 6.45) is 1.60. The van der Waals surface area contributed by atoms with Crippen LogP contribution in [0.2, 0.25) is 0 Å². The Morgan fingerprint density at radius 1 is 1.42 bits per heavy atom. The highest BCUT2D eigenvalue weighted by Crippen LogP contribution is 2.20. The second-order valence-corrected chi connectivity index (χ2v) is 5.99. The van der Waals surface area contributed by atoms with E-state index >= 15 is 0 Å². The van der Waals surface area contributed by atoms with Crippen molar-refractivity contribution in [1.82, 2.24) is 14.5 Å². The average Bonchev–Trinajstić information content (AvgIpc) is 2.90. The third kappa shape index (κ3) is 4.53. The zero-order valence-electron chi connectivity index (χ0n) is 13.7. The minimum absolute atomic E-state index is 0.0614. The predicted octanol–water partition coefficient (Wildman–Crippen LogP) is 1.59. The molecule has 8 nitrogen and oxygen atoms in total. The van der Waals surface area contributed by atoms with Crippen molar-refractivity contribution in [2.75, 3.05) is 13.2 Å². The maximum Gasteiger partial charge on any atom is 0.309 e. The third-order valence-corrected chi connectivity index (χ3v) is 3.55. The summed E-state index contributed by atoms with van der Waals surface area (Å²) in [6.45, 7) is 4.43. The number of H-pyrrole nitrogens is 2. The molecule has 2 heterocycles. The average molecular weight is 354 g/mol. The number of rotatable bonds is 8. The van der Waals surface area contributed by atoms with E-state index in [1.807, 2.05) is 13.8 Å². The Morgan fingerprint density at radius 2 is 2.17 bits per heavy atom. The highest BCUT2D eigenvalue weighted by Gasteiger charge is 2.20. The Labute approximate surface area is 144 Å². The molecule has 0 aliphatic rings. The number of esters is 1. The van der Waals surface area contributed by atoms with Crippen molar-refractivity contribution in [2.24, 2.45) is 5.73 Å². The van der Waals surface area contributed by atoms with Crippen LogP contribution in [-0.4, -0.2) is 39.8 Å². The highest BCUT2D eigenvalue weighted by molar-refractivity contribution is 7.71. The molecule has 9 heteroatoms. The van der Waals surface area contributed by atoms with Gasteiger partial charge < -0.3 is 24.8 Å². The molecule has 132 valence electrons. The SMILES string of the molecule is CC(C)OCCC(OC(=O)CCN)n1ccc2[nH]c(=S)[nH]c(=O)c21. The van der Waals surface area contributed by atoms with Crippen molar-refractivity contribution in [1.29, 1.82) is 0 Å². The van der Waals surface area contributed by atoms with E-state index in [4.69, 9.17) is 27.4 Å². The van der Waals surface area contributed by atoms with Crippen molar-refractivity contribution in [3.8, 4) is 0 Å². The number of carbonyl (C=O) groups excluding carboxylic acids is 1. The number of aromatic amines is 2. The minimum Gasteiger partial charge on any atom is -0.441 e. The number of fused-ring (bicyclic) bond motifs is 1. The quantitative estimate of drug-likeness (QED) is 0.490. The fourth-order valence-corrected chi connectivity index (χ4v) is 2.53. The highest BCUT2D eigenvalue weighted by atomic mass is 32.1. The monoisotopic (exact) mass is 354 g/mol. The van der Waals surface area contributed by atoms with Crippen LogP contribution in [0.1, 0.15) is 32.9 Å². The van der Waals surface area contributed by atoms with Gasteiger partial charge >= 0.3 is 5.97 Å². The molecule has 1 unspecified atom stereocenters. The normalized spacial score (nSPS) is 12.7. The van der Waals surface area contributed by atoms with E-state index in [9.17, 15) is 9.59 Å². The molecular formula is C15H22N4O4S. The molecule has 2 aromatic rings. The number of nitrogens with zero attached hydrogens (tertiary/aromatic N) is 1. The minimum atomic E-state index is -0.661. The molecular weight excluding hydrogens is 332 g/mol. The van der Waals surface area contributed by atoms with Crippen molar-refractivity contribution in [3.63, 3.8) is 0 Å². The maximum atomic E-state index is 12.2. The molecule has 0 aliphatic heterocycles. The van der Waals surface area contributed by atoms with Crippen molar-refractivity contribution in [2.45, 2.75) is 39.0 Å². The van der Waals surface area contributed by atoms with Gasteiger partial charge in [0.15, 0.2) is 11.0 Å². The molecule has 0 aliphatic carbocycles. The van der Waals surface area contributed by atoms with E-state index in [1.165, 1.54) is 0 Å². The van der Waals surface area contributed by atoms with Gasteiger partial charge in [-0.05, 0) is 32.1 Å². The van der Waals surface area contributed by atoms with Crippen LogP contribution in [0.3, 0.4) is 0 Å². The lowest BCUT2D eigenvalue weighted by Crippen LogP contribution is -2.23.